The summed E-state index contributed by atoms with van der Waals surface area (Å²) in [7, 11) is 0. The second kappa shape index (κ2) is 59.7. The van der Waals surface area contributed by atoms with E-state index in [1.165, 1.54) is 167 Å². The van der Waals surface area contributed by atoms with E-state index in [4.69, 9.17) is 14.2 Å². The molecule has 0 spiro atoms. The molecule has 0 saturated heterocycles. The largest absolute Gasteiger partial charge is 0.462 e. The van der Waals surface area contributed by atoms with Gasteiger partial charge in [0, 0.05) is 19.3 Å². The maximum Gasteiger partial charge on any atom is 0.306 e. The Kier molecular flexibility index (Phi) is 57.2. The molecule has 0 aliphatic carbocycles. The molecule has 0 aromatic carbocycles. The molecule has 0 saturated carbocycles. The van der Waals surface area contributed by atoms with Crippen molar-refractivity contribution >= 4 is 17.9 Å². The van der Waals surface area contributed by atoms with Gasteiger partial charge < -0.3 is 14.2 Å². The van der Waals surface area contributed by atoms with Gasteiger partial charge in [0.2, 0.25) is 0 Å². The van der Waals surface area contributed by atoms with E-state index in [9.17, 15) is 14.4 Å². The number of allylic oxidation sites excluding steroid dienone is 10. The first-order chi connectivity index (χ1) is 35.0. The van der Waals surface area contributed by atoms with Crippen molar-refractivity contribution in [3.63, 3.8) is 0 Å². The van der Waals surface area contributed by atoms with E-state index in [-0.39, 0.29) is 31.1 Å². The Bertz CT molecular complexity index is 1280. The van der Waals surface area contributed by atoms with Crippen molar-refractivity contribution in [2.45, 2.75) is 322 Å². The van der Waals surface area contributed by atoms with Gasteiger partial charge in [-0.15, -0.1) is 0 Å². The molecule has 0 amide bonds. The number of rotatable bonds is 56. The molecule has 0 rings (SSSR count). The molecule has 0 fully saturated rings. The van der Waals surface area contributed by atoms with Crippen LogP contribution in [0.25, 0.3) is 0 Å². The second-order valence-electron chi connectivity index (χ2n) is 20.6. The van der Waals surface area contributed by atoms with Gasteiger partial charge in [0.25, 0.3) is 0 Å². The summed E-state index contributed by atoms with van der Waals surface area (Å²) in [6.07, 6.45) is 75.1. The van der Waals surface area contributed by atoms with Crippen molar-refractivity contribution < 1.29 is 28.6 Å². The van der Waals surface area contributed by atoms with Crippen LogP contribution in [0.1, 0.15) is 316 Å². The van der Waals surface area contributed by atoms with Crippen molar-refractivity contribution in [3.8, 4) is 0 Å². The predicted molar refractivity (Wildman–Crippen MR) is 307 cm³/mol. The number of carbonyl (C=O) groups excluding carboxylic acids is 3. The molecule has 6 heteroatoms. The summed E-state index contributed by atoms with van der Waals surface area (Å²) in [4.78, 5) is 38.2. The van der Waals surface area contributed by atoms with Gasteiger partial charge in [-0.2, -0.15) is 0 Å². The molecular formula is C65H116O6. The molecule has 412 valence electrons. The summed E-state index contributed by atoms with van der Waals surface area (Å²) in [6.45, 7) is 6.54. The summed E-state index contributed by atoms with van der Waals surface area (Å²) in [5.74, 6) is -0.882. The average Bonchev–Trinajstić information content (AvgIpc) is 3.37. The number of unbranched alkanes of at least 4 members (excludes halogenated alkanes) is 35. The van der Waals surface area contributed by atoms with E-state index in [0.29, 0.717) is 19.3 Å². The fraction of sp³-hybridized carbons (Fsp3) is 0.800. The fourth-order valence-electron chi connectivity index (χ4n) is 8.94. The second-order valence-corrected chi connectivity index (χ2v) is 20.6. The van der Waals surface area contributed by atoms with Gasteiger partial charge in [-0.05, 0) is 64.2 Å². The molecule has 71 heavy (non-hydrogen) atoms. The van der Waals surface area contributed by atoms with Gasteiger partial charge in [-0.1, -0.05) is 293 Å². The first-order valence-corrected chi connectivity index (χ1v) is 30.8. The van der Waals surface area contributed by atoms with E-state index in [0.717, 1.165) is 109 Å². The highest BCUT2D eigenvalue weighted by atomic mass is 16.6. The monoisotopic (exact) mass is 993 g/mol. The highest BCUT2D eigenvalue weighted by Gasteiger charge is 2.19. The number of esters is 3. The van der Waals surface area contributed by atoms with Gasteiger partial charge in [0.05, 0.1) is 0 Å². The van der Waals surface area contributed by atoms with Crippen LogP contribution >= 0.6 is 0 Å². The molecule has 0 aromatic heterocycles. The van der Waals surface area contributed by atoms with Crippen LogP contribution in [0.15, 0.2) is 60.8 Å². The van der Waals surface area contributed by atoms with Crippen LogP contribution in [0, 0.1) is 0 Å². The Morgan fingerprint density at radius 3 is 0.859 bits per heavy atom. The van der Waals surface area contributed by atoms with Crippen molar-refractivity contribution in [3.05, 3.63) is 60.8 Å². The third-order valence-corrected chi connectivity index (χ3v) is 13.5. The lowest BCUT2D eigenvalue weighted by Crippen LogP contribution is -2.30. The summed E-state index contributed by atoms with van der Waals surface area (Å²) in [5.41, 5.74) is 0. The zero-order valence-electron chi connectivity index (χ0n) is 47.2. The number of ether oxygens (including phenoxy) is 3. The topological polar surface area (TPSA) is 78.9 Å². The molecule has 0 aliphatic heterocycles. The van der Waals surface area contributed by atoms with Crippen LogP contribution < -0.4 is 0 Å². The van der Waals surface area contributed by atoms with E-state index in [1.807, 2.05) is 0 Å². The molecular weight excluding hydrogens is 877 g/mol. The molecule has 0 heterocycles. The Morgan fingerprint density at radius 1 is 0.296 bits per heavy atom. The van der Waals surface area contributed by atoms with Crippen LogP contribution in [0.5, 0.6) is 0 Å². The number of hydrogen-bond donors (Lipinski definition) is 0. The third-order valence-electron chi connectivity index (χ3n) is 13.5. The van der Waals surface area contributed by atoms with E-state index < -0.39 is 6.10 Å². The minimum atomic E-state index is -0.781. The molecule has 0 aliphatic rings. The molecule has 1 atom stereocenters. The fourth-order valence-corrected chi connectivity index (χ4v) is 8.94. The normalized spacial score (nSPS) is 12.4. The summed E-state index contributed by atoms with van der Waals surface area (Å²) in [5, 5.41) is 0. The molecule has 0 radical (unpaired) electrons. The van der Waals surface area contributed by atoms with Gasteiger partial charge in [0.1, 0.15) is 13.2 Å². The van der Waals surface area contributed by atoms with Crippen LogP contribution in [-0.2, 0) is 28.6 Å². The Labute approximate surface area is 440 Å². The van der Waals surface area contributed by atoms with E-state index in [2.05, 4.69) is 81.5 Å². The number of hydrogen-bond acceptors (Lipinski definition) is 6. The van der Waals surface area contributed by atoms with Crippen molar-refractivity contribution in [2.24, 2.45) is 0 Å². The lowest BCUT2D eigenvalue weighted by Gasteiger charge is -2.18. The van der Waals surface area contributed by atoms with Crippen LogP contribution in [0.2, 0.25) is 0 Å². The molecule has 0 aromatic rings. The van der Waals surface area contributed by atoms with Crippen molar-refractivity contribution in [1.29, 1.82) is 0 Å². The molecule has 0 N–H and O–H groups in total. The van der Waals surface area contributed by atoms with Gasteiger partial charge >= 0.3 is 17.9 Å². The first kappa shape index (κ1) is 68.1. The summed E-state index contributed by atoms with van der Waals surface area (Å²) < 4.78 is 16.9. The zero-order valence-corrected chi connectivity index (χ0v) is 47.2. The van der Waals surface area contributed by atoms with Crippen molar-refractivity contribution in [2.75, 3.05) is 13.2 Å². The summed E-state index contributed by atoms with van der Waals surface area (Å²) in [6, 6.07) is 0. The third kappa shape index (κ3) is 57.9. The highest BCUT2D eigenvalue weighted by Crippen LogP contribution is 2.17. The Hall–Kier alpha value is -2.89. The predicted octanol–water partition coefficient (Wildman–Crippen LogP) is 20.8. The van der Waals surface area contributed by atoms with Gasteiger partial charge in [-0.3, -0.25) is 14.4 Å². The average molecular weight is 994 g/mol. The van der Waals surface area contributed by atoms with E-state index >= 15 is 0 Å². The highest BCUT2D eigenvalue weighted by molar-refractivity contribution is 5.71. The summed E-state index contributed by atoms with van der Waals surface area (Å²) >= 11 is 0. The lowest BCUT2D eigenvalue weighted by molar-refractivity contribution is -0.167. The molecule has 6 nitrogen and oxygen atoms in total. The SMILES string of the molecule is CC/C=C\C/C=C\C/C=C\C/C=C\C/C=C\CCCCCCCC(=O)OC(COC(=O)CCCCCCCCCCCC)COC(=O)CCCCCCCCCCCCCCCCCCCCCCCC. The minimum Gasteiger partial charge on any atom is -0.462 e. The standard InChI is InChI=1S/C65H116O6/c1-4-7-10-13-16-19-22-24-26-28-30-32-34-35-37-39-41-43-46-49-52-55-58-64(67)70-61-62(60-69-63(66)57-54-51-48-45-21-18-15-12-9-6-3)71-65(68)59-56-53-50-47-44-42-40-38-36-33-31-29-27-25-23-20-17-14-11-8-5-2/h8,11,17,20,25,27,31,33,38,40,62H,4-7,9-10,12-16,18-19,21-24,26,28-30,32,34-37,39,41-61H2,1-3H3/b11-8-,20-17-,27-25-,33-31-,40-38-. The first-order valence-electron chi connectivity index (χ1n) is 30.8. The Morgan fingerprint density at radius 2 is 0.549 bits per heavy atom. The molecule has 1 unspecified atom stereocenters. The minimum absolute atomic E-state index is 0.0782. The van der Waals surface area contributed by atoms with E-state index in [1.54, 1.807) is 0 Å². The molecule has 0 bridgehead atoms. The maximum atomic E-state index is 12.9. The quantitative estimate of drug-likeness (QED) is 0.0261. The van der Waals surface area contributed by atoms with Gasteiger partial charge in [-0.25, -0.2) is 0 Å². The van der Waals surface area contributed by atoms with Crippen LogP contribution in [-0.4, -0.2) is 37.2 Å². The lowest BCUT2D eigenvalue weighted by atomic mass is 10.0. The van der Waals surface area contributed by atoms with Gasteiger partial charge in [0.15, 0.2) is 6.10 Å². The van der Waals surface area contributed by atoms with Crippen LogP contribution in [0.4, 0.5) is 0 Å². The number of carbonyl (C=O) groups is 3. The smallest absolute Gasteiger partial charge is 0.306 e. The van der Waals surface area contributed by atoms with Crippen LogP contribution in [0.3, 0.4) is 0 Å². The van der Waals surface area contributed by atoms with Crippen molar-refractivity contribution in [1.82, 2.24) is 0 Å². The zero-order chi connectivity index (χ0) is 51.4. The maximum absolute atomic E-state index is 12.9. The Balaban J connectivity index is 4.28.